The monoisotopic (exact) mass is 323 g/mol. The average Bonchev–Trinajstić information content (AvgIpc) is 3.23. The molecule has 1 aromatic carbocycles. The Balaban J connectivity index is 1.70. The molecular formula is C19H21N3O2. The van der Waals surface area contributed by atoms with E-state index in [9.17, 15) is 4.79 Å². The SMILES string of the molecule is C[C@@H](Oc1ccc(C#N)cc1)C(=O)N1CCC[C@H]1c1cccn1C. The molecule has 1 aliphatic heterocycles. The van der Waals surface area contributed by atoms with E-state index < -0.39 is 6.10 Å². The summed E-state index contributed by atoms with van der Waals surface area (Å²) >= 11 is 0. The number of likely N-dealkylation sites (tertiary alicyclic amines) is 1. The number of nitrogens with zero attached hydrogens (tertiary/aromatic N) is 3. The van der Waals surface area contributed by atoms with Gasteiger partial charge in [0.15, 0.2) is 6.10 Å². The summed E-state index contributed by atoms with van der Waals surface area (Å²) in [7, 11) is 2.01. The molecule has 3 rings (SSSR count). The fourth-order valence-electron chi connectivity index (χ4n) is 3.25. The summed E-state index contributed by atoms with van der Waals surface area (Å²) in [5.41, 5.74) is 1.73. The molecule has 0 N–H and O–H groups in total. The Hall–Kier alpha value is -2.74. The highest BCUT2D eigenvalue weighted by molar-refractivity contribution is 5.81. The lowest BCUT2D eigenvalue weighted by molar-refractivity contribution is -0.139. The number of aromatic nitrogens is 1. The first kappa shape index (κ1) is 16.1. The van der Waals surface area contributed by atoms with Crippen molar-refractivity contribution in [2.24, 2.45) is 7.05 Å². The molecule has 5 heteroatoms. The van der Waals surface area contributed by atoms with Crippen molar-refractivity contribution in [3.63, 3.8) is 0 Å². The Labute approximate surface area is 142 Å². The van der Waals surface area contributed by atoms with Crippen molar-refractivity contribution in [2.45, 2.75) is 31.9 Å². The van der Waals surface area contributed by atoms with Crippen molar-refractivity contribution >= 4 is 5.91 Å². The second-order valence-corrected chi connectivity index (χ2v) is 6.13. The lowest BCUT2D eigenvalue weighted by Crippen LogP contribution is -2.40. The molecule has 1 amide bonds. The van der Waals surface area contributed by atoms with E-state index in [0.717, 1.165) is 25.1 Å². The molecule has 2 atom stereocenters. The highest BCUT2D eigenvalue weighted by atomic mass is 16.5. The van der Waals surface area contributed by atoms with Gasteiger partial charge < -0.3 is 14.2 Å². The molecule has 0 unspecified atom stereocenters. The number of amides is 1. The Bertz CT molecular complexity index is 758. The third-order valence-electron chi connectivity index (χ3n) is 4.51. The van der Waals surface area contributed by atoms with Crippen molar-refractivity contribution < 1.29 is 9.53 Å². The molecule has 0 spiro atoms. The van der Waals surface area contributed by atoms with Gasteiger partial charge in [-0.2, -0.15) is 5.26 Å². The zero-order valence-electron chi connectivity index (χ0n) is 14.0. The van der Waals surface area contributed by atoms with Crippen LogP contribution < -0.4 is 4.74 Å². The summed E-state index contributed by atoms with van der Waals surface area (Å²) in [6.07, 6.45) is 3.43. The Morgan fingerprint density at radius 2 is 2.08 bits per heavy atom. The maximum atomic E-state index is 12.8. The molecule has 0 radical (unpaired) electrons. The van der Waals surface area contributed by atoms with Crippen molar-refractivity contribution in [1.29, 1.82) is 5.26 Å². The smallest absolute Gasteiger partial charge is 0.263 e. The van der Waals surface area contributed by atoms with Crippen LogP contribution in [0.15, 0.2) is 42.6 Å². The lowest BCUT2D eigenvalue weighted by atomic mass is 10.1. The van der Waals surface area contributed by atoms with Crippen LogP contribution in [-0.2, 0) is 11.8 Å². The van der Waals surface area contributed by atoms with E-state index in [2.05, 4.69) is 16.7 Å². The zero-order valence-corrected chi connectivity index (χ0v) is 14.0. The first-order chi connectivity index (χ1) is 11.6. The van der Waals surface area contributed by atoms with Crippen LogP contribution in [0, 0.1) is 11.3 Å². The molecular weight excluding hydrogens is 302 g/mol. The average molecular weight is 323 g/mol. The highest BCUT2D eigenvalue weighted by Crippen LogP contribution is 2.32. The van der Waals surface area contributed by atoms with Crippen LogP contribution >= 0.6 is 0 Å². The minimum absolute atomic E-state index is 0.00283. The summed E-state index contributed by atoms with van der Waals surface area (Å²) in [5.74, 6) is 0.604. The second kappa shape index (κ2) is 6.79. The number of aryl methyl sites for hydroxylation is 1. The van der Waals surface area contributed by atoms with Gasteiger partial charge in [-0.25, -0.2) is 0 Å². The minimum atomic E-state index is -0.557. The summed E-state index contributed by atoms with van der Waals surface area (Å²) in [6, 6.07) is 13.1. The van der Waals surface area contributed by atoms with Crippen molar-refractivity contribution in [2.75, 3.05) is 6.54 Å². The van der Waals surface area contributed by atoms with E-state index in [4.69, 9.17) is 10.00 Å². The summed E-state index contributed by atoms with van der Waals surface area (Å²) in [6.45, 7) is 2.54. The normalized spacial score (nSPS) is 18.2. The number of benzene rings is 1. The van der Waals surface area contributed by atoms with Gasteiger partial charge in [0.1, 0.15) is 5.75 Å². The van der Waals surface area contributed by atoms with Crippen LogP contribution in [0.5, 0.6) is 5.75 Å². The van der Waals surface area contributed by atoms with Gasteiger partial charge in [-0.3, -0.25) is 4.79 Å². The first-order valence-electron chi connectivity index (χ1n) is 8.18. The lowest BCUT2D eigenvalue weighted by Gasteiger charge is -2.28. The van der Waals surface area contributed by atoms with E-state index >= 15 is 0 Å². The molecule has 24 heavy (non-hydrogen) atoms. The molecule has 2 heterocycles. The van der Waals surface area contributed by atoms with Crippen LogP contribution in [0.3, 0.4) is 0 Å². The topological polar surface area (TPSA) is 58.3 Å². The molecule has 0 bridgehead atoms. The minimum Gasteiger partial charge on any atom is -0.481 e. The van der Waals surface area contributed by atoms with Crippen LogP contribution in [0.2, 0.25) is 0 Å². The number of carbonyl (C=O) groups is 1. The number of hydrogen-bond donors (Lipinski definition) is 0. The van der Waals surface area contributed by atoms with Crippen molar-refractivity contribution in [1.82, 2.24) is 9.47 Å². The number of carbonyl (C=O) groups excluding carboxylic acids is 1. The standard InChI is InChI=1S/C19H21N3O2/c1-14(24-16-9-7-15(13-20)8-10-16)19(23)22-12-4-6-18(22)17-5-3-11-21(17)2/h3,5,7-11,14,18H,4,6,12H2,1-2H3/t14-,18+/m1/s1. The Morgan fingerprint density at radius 1 is 1.33 bits per heavy atom. The number of ether oxygens (including phenoxy) is 1. The largest absolute Gasteiger partial charge is 0.481 e. The van der Waals surface area contributed by atoms with E-state index in [1.165, 1.54) is 0 Å². The number of nitriles is 1. The van der Waals surface area contributed by atoms with Crippen LogP contribution in [0.4, 0.5) is 0 Å². The molecule has 0 aliphatic carbocycles. The molecule has 0 saturated carbocycles. The molecule has 1 saturated heterocycles. The Morgan fingerprint density at radius 3 is 2.71 bits per heavy atom. The van der Waals surface area contributed by atoms with Gasteiger partial charge in [0.05, 0.1) is 17.7 Å². The van der Waals surface area contributed by atoms with Crippen molar-refractivity contribution in [3.05, 3.63) is 53.9 Å². The first-order valence-corrected chi connectivity index (χ1v) is 8.18. The van der Waals surface area contributed by atoms with Crippen LogP contribution in [0.25, 0.3) is 0 Å². The second-order valence-electron chi connectivity index (χ2n) is 6.13. The summed E-state index contributed by atoms with van der Waals surface area (Å²) < 4.78 is 7.85. The zero-order chi connectivity index (χ0) is 17.1. The van der Waals surface area contributed by atoms with Gasteiger partial charge in [0.2, 0.25) is 0 Å². The Kier molecular flexibility index (Phi) is 4.57. The molecule has 1 aromatic heterocycles. The molecule has 1 fully saturated rings. The molecule has 2 aromatic rings. The quantitative estimate of drug-likeness (QED) is 0.869. The highest BCUT2D eigenvalue weighted by Gasteiger charge is 2.34. The van der Waals surface area contributed by atoms with Gasteiger partial charge in [0, 0.05) is 25.5 Å². The number of rotatable bonds is 4. The molecule has 5 nitrogen and oxygen atoms in total. The van der Waals surface area contributed by atoms with Crippen molar-refractivity contribution in [3.8, 4) is 11.8 Å². The van der Waals surface area contributed by atoms with Crippen LogP contribution in [0.1, 0.15) is 37.1 Å². The predicted octanol–water partition coefficient (Wildman–Crippen LogP) is 3.03. The van der Waals surface area contributed by atoms with E-state index in [1.807, 2.05) is 24.2 Å². The maximum absolute atomic E-state index is 12.8. The van der Waals surface area contributed by atoms with Gasteiger partial charge in [0.25, 0.3) is 5.91 Å². The number of hydrogen-bond acceptors (Lipinski definition) is 3. The van der Waals surface area contributed by atoms with Gasteiger partial charge in [-0.05, 0) is 56.2 Å². The van der Waals surface area contributed by atoms with E-state index in [0.29, 0.717) is 11.3 Å². The molecule has 124 valence electrons. The van der Waals surface area contributed by atoms with Gasteiger partial charge >= 0.3 is 0 Å². The third kappa shape index (κ3) is 3.13. The fraction of sp³-hybridized carbons (Fsp3) is 0.368. The summed E-state index contributed by atoms with van der Waals surface area (Å²) in [5, 5.41) is 8.83. The predicted molar refractivity (Wildman–Crippen MR) is 90.3 cm³/mol. The van der Waals surface area contributed by atoms with Gasteiger partial charge in [-0.1, -0.05) is 0 Å². The molecule has 1 aliphatic rings. The fourth-order valence-corrected chi connectivity index (χ4v) is 3.25. The third-order valence-corrected chi connectivity index (χ3v) is 4.51. The maximum Gasteiger partial charge on any atom is 0.263 e. The van der Waals surface area contributed by atoms with E-state index in [1.54, 1.807) is 31.2 Å². The van der Waals surface area contributed by atoms with E-state index in [-0.39, 0.29) is 11.9 Å². The summed E-state index contributed by atoms with van der Waals surface area (Å²) in [4.78, 5) is 14.7. The van der Waals surface area contributed by atoms with Crippen LogP contribution in [-0.4, -0.2) is 28.0 Å². The van der Waals surface area contributed by atoms with Gasteiger partial charge in [-0.15, -0.1) is 0 Å².